The van der Waals surface area contributed by atoms with Crippen molar-refractivity contribution in [3.05, 3.63) is 22.7 Å². The number of halogens is 1. The van der Waals surface area contributed by atoms with E-state index in [0.717, 1.165) is 25.0 Å². The normalized spacial score (nSPS) is 21.8. The first-order valence-electron chi connectivity index (χ1n) is 7.46. The number of hydrogen-bond donors (Lipinski definition) is 1. The van der Waals surface area contributed by atoms with E-state index in [1.54, 1.807) is 0 Å². The minimum absolute atomic E-state index is 0.172. The molecule has 1 saturated carbocycles. The van der Waals surface area contributed by atoms with E-state index in [9.17, 15) is 4.79 Å². The smallest absolute Gasteiger partial charge is 0.271 e. The Morgan fingerprint density at radius 3 is 2.95 bits per heavy atom. The number of rotatable bonds is 5. The van der Waals surface area contributed by atoms with Crippen LogP contribution >= 0.6 is 23.4 Å². The average Bonchev–Trinajstić information content (AvgIpc) is 2.86. The number of thioether (sulfide) groups is 1. The minimum atomic E-state index is -0.184. The van der Waals surface area contributed by atoms with Crippen molar-refractivity contribution in [3.8, 4) is 0 Å². The second-order valence-corrected chi connectivity index (χ2v) is 7.62. The van der Waals surface area contributed by atoms with Crippen LogP contribution in [0.5, 0.6) is 0 Å². The molecular formula is C15H22ClN3OS. The van der Waals surface area contributed by atoms with Crippen LogP contribution in [0.15, 0.2) is 6.20 Å². The zero-order valence-electron chi connectivity index (χ0n) is 12.7. The molecule has 4 nitrogen and oxygen atoms in total. The first-order chi connectivity index (χ1) is 10.0. The lowest BCUT2D eigenvalue weighted by Gasteiger charge is -2.14. The van der Waals surface area contributed by atoms with Gasteiger partial charge in [-0.3, -0.25) is 4.79 Å². The fourth-order valence-electron chi connectivity index (χ4n) is 2.53. The molecule has 0 spiro atoms. The molecule has 1 fully saturated rings. The van der Waals surface area contributed by atoms with Gasteiger partial charge in [0.25, 0.3) is 5.91 Å². The zero-order valence-corrected chi connectivity index (χ0v) is 14.3. The topological polar surface area (TPSA) is 54.9 Å². The lowest BCUT2D eigenvalue weighted by molar-refractivity contribution is 0.0932. The Labute approximate surface area is 135 Å². The zero-order chi connectivity index (χ0) is 15.4. The van der Waals surface area contributed by atoms with E-state index >= 15 is 0 Å². The summed E-state index contributed by atoms with van der Waals surface area (Å²) < 4.78 is 0. The highest BCUT2D eigenvalue weighted by molar-refractivity contribution is 7.99. The van der Waals surface area contributed by atoms with Crippen LogP contribution < -0.4 is 5.32 Å². The van der Waals surface area contributed by atoms with Crippen LogP contribution in [-0.4, -0.2) is 32.9 Å². The summed E-state index contributed by atoms with van der Waals surface area (Å²) in [6.45, 7) is 6.16. The molecule has 1 aliphatic rings. The SMILES string of the molecule is CCSC1CCC(NC(=O)c2nc(C(C)C)ncc2Cl)C1. The summed E-state index contributed by atoms with van der Waals surface area (Å²) in [6, 6.07) is 0.232. The van der Waals surface area contributed by atoms with Crippen LogP contribution in [0.1, 0.15) is 62.3 Å². The molecule has 1 aromatic rings. The van der Waals surface area contributed by atoms with E-state index in [1.807, 2.05) is 25.6 Å². The quantitative estimate of drug-likeness (QED) is 0.896. The fourth-order valence-corrected chi connectivity index (χ4v) is 3.85. The van der Waals surface area contributed by atoms with Crippen molar-refractivity contribution in [1.29, 1.82) is 0 Å². The Hall–Kier alpha value is -0.810. The highest BCUT2D eigenvalue weighted by Gasteiger charge is 2.27. The van der Waals surface area contributed by atoms with Crippen molar-refractivity contribution in [3.63, 3.8) is 0 Å². The molecule has 1 amide bonds. The van der Waals surface area contributed by atoms with Gasteiger partial charge in [-0.05, 0) is 25.0 Å². The van der Waals surface area contributed by atoms with Crippen LogP contribution in [-0.2, 0) is 0 Å². The average molecular weight is 328 g/mol. The number of hydrogen-bond acceptors (Lipinski definition) is 4. The van der Waals surface area contributed by atoms with Crippen molar-refractivity contribution in [2.24, 2.45) is 0 Å². The predicted octanol–water partition coefficient (Wildman–Crippen LogP) is 3.66. The van der Waals surface area contributed by atoms with Crippen LogP contribution in [0, 0.1) is 0 Å². The molecule has 0 bridgehead atoms. The number of carbonyl (C=O) groups is 1. The monoisotopic (exact) mass is 327 g/mol. The Kier molecular flexibility index (Phi) is 5.88. The van der Waals surface area contributed by atoms with Crippen LogP contribution in [0.4, 0.5) is 0 Å². The van der Waals surface area contributed by atoms with Crippen molar-refractivity contribution >= 4 is 29.3 Å². The summed E-state index contributed by atoms with van der Waals surface area (Å²) in [5.74, 6) is 1.76. The van der Waals surface area contributed by atoms with E-state index in [0.29, 0.717) is 21.8 Å². The Bertz CT molecular complexity index is 510. The third kappa shape index (κ3) is 4.33. The van der Waals surface area contributed by atoms with Gasteiger partial charge in [0.15, 0.2) is 0 Å². The van der Waals surface area contributed by atoms with E-state index < -0.39 is 0 Å². The maximum absolute atomic E-state index is 12.4. The number of aromatic nitrogens is 2. The molecule has 0 aliphatic heterocycles. The molecule has 1 heterocycles. The Morgan fingerprint density at radius 2 is 2.29 bits per heavy atom. The third-order valence-corrected chi connectivity index (χ3v) is 5.13. The highest BCUT2D eigenvalue weighted by Crippen LogP contribution is 2.30. The first kappa shape index (κ1) is 16.6. The van der Waals surface area contributed by atoms with Crippen LogP contribution in [0.2, 0.25) is 5.02 Å². The predicted molar refractivity (Wildman–Crippen MR) is 88.2 cm³/mol. The molecule has 21 heavy (non-hydrogen) atoms. The molecule has 0 aromatic carbocycles. The largest absolute Gasteiger partial charge is 0.348 e. The summed E-state index contributed by atoms with van der Waals surface area (Å²) in [6.07, 6.45) is 4.74. The van der Waals surface area contributed by atoms with Gasteiger partial charge in [0, 0.05) is 17.2 Å². The van der Waals surface area contributed by atoms with Crippen LogP contribution in [0.25, 0.3) is 0 Å². The maximum Gasteiger partial charge on any atom is 0.271 e. The minimum Gasteiger partial charge on any atom is -0.348 e. The summed E-state index contributed by atoms with van der Waals surface area (Å²) in [4.78, 5) is 20.8. The summed E-state index contributed by atoms with van der Waals surface area (Å²) in [5, 5.41) is 4.04. The molecule has 116 valence electrons. The molecule has 2 unspecified atom stereocenters. The van der Waals surface area contributed by atoms with Gasteiger partial charge >= 0.3 is 0 Å². The molecule has 0 radical (unpaired) electrons. The van der Waals surface area contributed by atoms with E-state index in [2.05, 4.69) is 22.2 Å². The van der Waals surface area contributed by atoms with Crippen LogP contribution in [0.3, 0.4) is 0 Å². The Balaban J connectivity index is 2.02. The van der Waals surface area contributed by atoms with E-state index in [4.69, 9.17) is 11.6 Å². The molecule has 1 N–H and O–H groups in total. The molecule has 2 rings (SSSR count). The number of nitrogens with one attached hydrogen (secondary N) is 1. The molecule has 1 aromatic heterocycles. The van der Waals surface area contributed by atoms with Gasteiger partial charge in [-0.15, -0.1) is 0 Å². The highest BCUT2D eigenvalue weighted by atomic mass is 35.5. The second kappa shape index (κ2) is 7.45. The van der Waals surface area contributed by atoms with Gasteiger partial charge in [0.1, 0.15) is 11.5 Å². The number of carbonyl (C=O) groups excluding carboxylic acids is 1. The first-order valence-corrected chi connectivity index (χ1v) is 8.88. The molecule has 6 heteroatoms. The fraction of sp³-hybridized carbons (Fsp3) is 0.667. The number of amides is 1. The van der Waals surface area contributed by atoms with E-state index in [-0.39, 0.29) is 17.9 Å². The van der Waals surface area contributed by atoms with Gasteiger partial charge in [-0.1, -0.05) is 32.4 Å². The molecule has 0 saturated heterocycles. The lowest BCUT2D eigenvalue weighted by atomic mass is 10.2. The van der Waals surface area contributed by atoms with Crippen molar-refractivity contribution in [1.82, 2.24) is 15.3 Å². The lowest BCUT2D eigenvalue weighted by Crippen LogP contribution is -2.34. The number of nitrogens with zero attached hydrogens (tertiary/aromatic N) is 2. The standard InChI is InChI=1S/C15H22ClN3OS/c1-4-21-11-6-5-10(7-11)18-15(20)13-12(16)8-17-14(19-13)9(2)3/h8-11H,4-7H2,1-3H3,(H,18,20). The molecular weight excluding hydrogens is 306 g/mol. The summed E-state index contributed by atoms with van der Waals surface area (Å²) in [5.41, 5.74) is 0.293. The van der Waals surface area contributed by atoms with Gasteiger partial charge in [0.2, 0.25) is 0 Å². The van der Waals surface area contributed by atoms with Crippen molar-refractivity contribution in [2.75, 3.05) is 5.75 Å². The van der Waals surface area contributed by atoms with Gasteiger partial charge in [0.05, 0.1) is 11.2 Å². The van der Waals surface area contributed by atoms with Gasteiger partial charge in [-0.2, -0.15) is 11.8 Å². The van der Waals surface area contributed by atoms with Gasteiger partial charge < -0.3 is 5.32 Å². The maximum atomic E-state index is 12.4. The van der Waals surface area contributed by atoms with Crippen molar-refractivity contribution < 1.29 is 4.79 Å². The molecule has 1 aliphatic carbocycles. The Morgan fingerprint density at radius 1 is 1.52 bits per heavy atom. The summed E-state index contributed by atoms with van der Waals surface area (Å²) >= 11 is 8.04. The summed E-state index contributed by atoms with van der Waals surface area (Å²) in [7, 11) is 0. The van der Waals surface area contributed by atoms with Gasteiger partial charge in [-0.25, -0.2) is 9.97 Å². The second-order valence-electron chi connectivity index (χ2n) is 5.64. The van der Waals surface area contributed by atoms with Crippen molar-refractivity contribution in [2.45, 2.75) is 57.2 Å². The molecule has 2 atom stereocenters. The van der Waals surface area contributed by atoms with E-state index in [1.165, 1.54) is 6.20 Å². The third-order valence-electron chi connectivity index (χ3n) is 3.62.